The third kappa shape index (κ3) is 61.7. The molecule has 11 heteroatoms. The van der Waals surface area contributed by atoms with Crippen molar-refractivity contribution in [1.82, 2.24) is 5.32 Å². The van der Waals surface area contributed by atoms with Gasteiger partial charge < -0.3 is 45.1 Å². The minimum absolute atomic E-state index is 0.0147. The summed E-state index contributed by atoms with van der Waals surface area (Å²) in [5.74, 6) is -0.161. The SMILES string of the molecule is CCCCCCCCC/C=C\CCCCCCCCCC(=O)OCCCCCCCCCCCCCCCCCCCC/C=C\CCCCCCCCCCCCCCCCCCCC(=O)NC(COC1OC(CO)C(O)C(O)C1O)C(O)/C=C/CCCCCCCCCCC. The number of unbranched alkanes of at least 4 members (excludes halogenated alkanes) is 58. The van der Waals surface area contributed by atoms with E-state index in [-0.39, 0.29) is 18.5 Å². The number of hydrogen-bond acceptors (Lipinski definition) is 10. The quantitative estimate of drug-likeness (QED) is 0.0195. The molecular formula is C85H161NO10. The highest BCUT2D eigenvalue weighted by Crippen LogP contribution is 2.24. The first-order valence-corrected chi connectivity index (χ1v) is 42.3. The predicted molar refractivity (Wildman–Crippen MR) is 407 cm³/mol. The molecule has 11 nitrogen and oxygen atoms in total. The molecule has 7 atom stereocenters. The Kier molecular flexibility index (Phi) is 70.9. The molecule has 0 aromatic rings. The lowest BCUT2D eigenvalue weighted by atomic mass is 9.99. The summed E-state index contributed by atoms with van der Waals surface area (Å²) in [5.41, 5.74) is 0. The van der Waals surface area contributed by atoms with Crippen LogP contribution in [0.5, 0.6) is 0 Å². The van der Waals surface area contributed by atoms with E-state index in [1.807, 2.05) is 6.08 Å². The maximum absolute atomic E-state index is 13.1. The number of esters is 1. The molecular weight excluding hydrogens is 1190 g/mol. The Morgan fingerprint density at radius 3 is 1.00 bits per heavy atom. The lowest BCUT2D eigenvalue weighted by Crippen LogP contribution is -2.60. The molecule has 1 fully saturated rings. The monoisotopic (exact) mass is 1360 g/mol. The highest BCUT2D eigenvalue weighted by atomic mass is 16.7. The van der Waals surface area contributed by atoms with Gasteiger partial charge in [-0.15, -0.1) is 0 Å². The van der Waals surface area contributed by atoms with Crippen LogP contribution in [0.25, 0.3) is 0 Å². The Hall–Kier alpha value is -2.12. The van der Waals surface area contributed by atoms with Gasteiger partial charge in [0.2, 0.25) is 5.91 Å². The van der Waals surface area contributed by atoms with Crippen LogP contribution in [0.4, 0.5) is 0 Å². The zero-order chi connectivity index (χ0) is 69.4. The standard InChI is InChI=1S/C85H161NO10/c1-3-5-7-9-11-13-15-16-17-18-43-46-49-53-57-61-65-69-73-81(90)94-74-70-66-62-58-54-50-47-44-41-39-37-35-33-31-29-27-25-23-21-19-20-22-24-26-28-30-32-34-36-38-40-42-45-48-52-56-60-64-68-72-80(89)86-77(76-95-85-84(93)83(92)82(91)79(75-87)96-85)78(88)71-67-63-59-55-51-14-12-10-8-6-4-2/h17-20,67,71,77-79,82-85,87-88,91-93H,3-16,21-66,68-70,72-76H2,1-2H3,(H,86,89)/b18-17-,20-19-,71-67+. The highest BCUT2D eigenvalue weighted by molar-refractivity contribution is 5.76. The number of rotatable bonds is 76. The Bertz CT molecular complexity index is 1690. The predicted octanol–water partition coefficient (Wildman–Crippen LogP) is 23.3. The molecule has 0 radical (unpaired) electrons. The molecule has 1 amide bonds. The van der Waals surface area contributed by atoms with Crippen LogP contribution in [0, 0.1) is 0 Å². The zero-order valence-electron chi connectivity index (χ0n) is 63.4. The number of amides is 1. The molecule has 1 rings (SSSR count). The summed E-state index contributed by atoms with van der Waals surface area (Å²) in [6, 6.07) is -0.806. The van der Waals surface area contributed by atoms with Gasteiger partial charge in [0.05, 0.1) is 32.0 Å². The van der Waals surface area contributed by atoms with Gasteiger partial charge in [-0.3, -0.25) is 9.59 Å². The van der Waals surface area contributed by atoms with Crippen LogP contribution in [-0.4, -0.2) is 100 Å². The molecule has 0 aliphatic carbocycles. The van der Waals surface area contributed by atoms with Crippen LogP contribution < -0.4 is 5.32 Å². The first-order valence-electron chi connectivity index (χ1n) is 42.3. The number of carbonyl (C=O) groups is 2. The molecule has 0 bridgehead atoms. The number of ether oxygens (including phenoxy) is 3. The normalized spacial score (nSPS) is 17.4. The fourth-order valence-corrected chi connectivity index (χ4v) is 13.6. The Morgan fingerprint density at radius 1 is 0.375 bits per heavy atom. The second kappa shape index (κ2) is 74.1. The van der Waals surface area contributed by atoms with Gasteiger partial charge in [-0.25, -0.2) is 0 Å². The molecule has 0 saturated carbocycles. The van der Waals surface area contributed by atoms with Gasteiger partial charge in [0, 0.05) is 12.8 Å². The summed E-state index contributed by atoms with van der Waals surface area (Å²) >= 11 is 0. The number of nitrogens with one attached hydrogen (secondary N) is 1. The lowest BCUT2D eigenvalue weighted by molar-refractivity contribution is -0.302. The molecule has 1 aliphatic heterocycles. The van der Waals surface area contributed by atoms with Crippen molar-refractivity contribution in [2.24, 2.45) is 0 Å². The summed E-state index contributed by atoms with van der Waals surface area (Å²) in [4.78, 5) is 25.2. The van der Waals surface area contributed by atoms with Crippen molar-refractivity contribution in [2.75, 3.05) is 19.8 Å². The minimum atomic E-state index is -1.57. The largest absolute Gasteiger partial charge is 0.466 e. The number of allylic oxidation sites excluding steroid dienone is 5. The molecule has 0 spiro atoms. The number of hydrogen-bond donors (Lipinski definition) is 6. The van der Waals surface area contributed by atoms with Crippen LogP contribution in [-0.2, 0) is 23.8 Å². The summed E-state index contributed by atoms with van der Waals surface area (Å²) in [5, 5.41) is 54.5. The van der Waals surface area contributed by atoms with E-state index in [9.17, 15) is 35.1 Å². The van der Waals surface area contributed by atoms with E-state index in [0.717, 1.165) is 57.8 Å². The molecule has 6 N–H and O–H groups in total. The van der Waals surface area contributed by atoms with E-state index >= 15 is 0 Å². The van der Waals surface area contributed by atoms with Crippen molar-refractivity contribution in [3.8, 4) is 0 Å². The Morgan fingerprint density at radius 2 is 0.667 bits per heavy atom. The van der Waals surface area contributed by atoms with Crippen molar-refractivity contribution >= 4 is 11.9 Å². The van der Waals surface area contributed by atoms with Gasteiger partial charge in [-0.1, -0.05) is 371 Å². The second-order valence-electron chi connectivity index (χ2n) is 29.5. The zero-order valence-corrected chi connectivity index (χ0v) is 63.4. The van der Waals surface area contributed by atoms with Gasteiger partial charge in [-0.2, -0.15) is 0 Å². The summed E-state index contributed by atoms with van der Waals surface area (Å²) < 4.78 is 16.8. The van der Waals surface area contributed by atoms with Crippen LogP contribution in [0.1, 0.15) is 431 Å². The highest BCUT2D eigenvalue weighted by Gasteiger charge is 2.44. The third-order valence-corrected chi connectivity index (χ3v) is 20.2. The maximum Gasteiger partial charge on any atom is 0.305 e. The Labute approximate surface area is 594 Å². The fraction of sp³-hybridized carbons (Fsp3) is 0.906. The van der Waals surface area contributed by atoms with E-state index in [4.69, 9.17) is 14.2 Å². The van der Waals surface area contributed by atoms with Gasteiger partial charge in [0.15, 0.2) is 6.29 Å². The first-order chi connectivity index (χ1) is 47.2. The number of aliphatic hydroxyl groups excluding tert-OH is 5. The molecule has 7 unspecified atom stereocenters. The molecule has 1 aliphatic rings. The van der Waals surface area contributed by atoms with Crippen molar-refractivity contribution in [2.45, 2.75) is 474 Å². The fourth-order valence-electron chi connectivity index (χ4n) is 13.6. The average Bonchev–Trinajstić information content (AvgIpc) is 0.844. The van der Waals surface area contributed by atoms with Crippen molar-refractivity contribution in [3.63, 3.8) is 0 Å². The third-order valence-electron chi connectivity index (χ3n) is 20.2. The number of aliphatic hydroxyl groups is 5. The molecule has 1 saturated heterocycles. The maximum atomic E-state index is 13.1. The van der Waals surface area contributed by atoms with Crippen molar-refractivity contribution in [3.05, 3.63) is 36.5 Å². The van der Waals surface area contributed by atoms with Crippen molar-refractivity contribution in [1.29, 1.82) is 0 Å². The van der Waals surface area contributed by atoms with Crippen LogP contribution >= 0.6 is 0 Å². The molecule has 0 aromatic heterocycles. The molecule has 566 valence electrons. The molecule has 0 aromatic carbocycles. The van der Waals surface area contributed by atoms with E-state index in [1.165, 1.54) is 347 Å². The van der Waals surface area contributed by atoms with Gasteiger partial charge in [0.25, 0.3) is 0 Å². The summed E-state index contributed by atoms with van der Waals surface area (Å²) in [6.07, 6.45) is 87.8. The number of carbonyl (C=O) groups excluding carboxylic acids is 2. The van der Waals surface area contributed by atoms with Gasteiger partial charge in [-0.05, 0) is 83.5 Å². The van der Waals surface area contributed by atoms with E-state index < -0.39 is 49.5 Å². The summed E-state index contributed by atoms with van der Waals surface area (Å²) in [6.45, 7) is 4.39. The minimum Gasteiger partial charge on any atom is -0.466 e. The molecule has 1 heterocycles. The van der Waals surface area contributed by atoms with E-state index in [0.29, 0.717) is 19.4 Å². The Balaban J connectivity index is 1.85. The van der Waals surface area contributed by atoms with Gasteiger partial charge in [0.1, 0.15) is 24.4 Å². The average molecular weight is 1360 g/mol. The van der Waals surface area contributed by atoms with Gasteiger partial charge >= 0.3 is 5.97 Å². The second-order valence-corrected chi connectivity index (χ2v) is 29.5. The smallest absolute Gasteiger partial charge is 0.305 e. The van der Waals surface area contributed by atoms with Crippen LogP contribution in [0.15, 0.2) is 36.5 Å². The topological polar surface area (TPSA) is 175 Å². The van der Waals surface area contributed by atoms with E-state index in [1.54, 1.807) is 6.08 Å². The van der Waals surface area contributed by atoms with Crippen molar-refractivity contribution < 1.29 is 49.3 Å². The lowest BCUT2D eigenvalue weighted by Gasteiger charge is -2.40. The van der Waals surface area contributed by atoms with Crippen LogP contribution in [0.3, 0.4) is 0 Å². The van der Waals surface area contributed by atoms with Crippen LogP contribution in [0.2, 0.25) is 0 Å². The summed E-state index contributed by atoms with van der Waals surface area (Å²) in [7, 11) is 0. The first kappa shape index (κ1) is 91.9. The molecule has 96 heavy (non-hydrogen) atoms. The van der Waals surface area contributed by atoms with E-state index in [2.05, 4.69) is 43.5 Å².